The van der Waals surface area contributed by atoms with Crippen molar-refractivity contribution < 1.29 is 9.84 Å². The van der Waals surface area contributed by atoms with Crippen molar-refractivity contribution in [3.63, 3.8) is 0 Å². The molecule has 0 saturated heterocycles. The van der Waals surface area contributed by atoms with Gasteiger partial charge in [0.25, 0.3) is 0 Å². The number of hydrogen-bond acceptors (Lipinski definition) is 2. The van der Waals surface area contributed by atoms with Gasteiger partial charge in [-0.2, -0.15) is 0 Å². The Morgan fingerprint density at radius 3 is 2.62 bits per heavy atom. The molecule has 0 amide bonds. The van der Waals surface area contributed by atoms with Crippen molar-refractivity contribution in [3.8, 4) is 5.75 Å². The molecule has 1 aromatic carbocycles. The van der Waals surface area contributed by atoms with Crippen LogP contribution in [-0.2, 0) is 5.60 Å². The Kier molecular flexibility index (Phi) is 3.20. The summed E-state index contributed by atoms with van der Waals surface area (Å²) in [7, 11) is 1.66. The van der Waals surface area contributed by atoms with Gasteiger partial charge < -0.3 is 9.84 Å². The van der Waals surface area contributed by atoms with E-state index in [9.17, 15) is 5.11 Å². The zero-order valence-corrected chi connectivity index (χ0v) is 10.1. The molecule has 16 heavy (non-hydrogen) atoms. The number of methoxy groups -OCH3 is 1. The average Bonchev–Trinajstić information content (AvgIpc) is 2.83. The van der Waals surface area contributed by atoms with Crippen LogP contribution in [0.25, 0.3) is 0 Å². The standard InChI is InChI=1S/C14H20O2/c1-14(15,11-6-3-4-7-11)12-8-5-9-13(10-12)16-2/h5,8-11,15H,3-4,6-7H2,1-2H3. The third-order valence-electron chi connectivity index (χ3n) is 3.80. The number of ether oxygens (including phenoxy) is 1. The summed E-state index contributed by atoms with van der Waals surface area (Å²) in [5.74, 6) is 1.20. The predicted molar refractivity (Wildman–Crippen MR) is 64.5 cm³/mol. The van der Waals surface area contributed by atoms with Crippen molar-refractivity contribution in [2.75, 3.05) is 7.11 Å². The molecular formula is C14H20O2. The first-order valence-electron chi connectivity index (χ1n) is 6.01. The van der Waals surface area contributed by atoms with Crippen molar-refractivity contribution in [1.82, 2.24) is 0 Å². The van der Waals surface area contributed by atoms with Crippen LogP contribution in [0.3, 0.4) is 0 Å². The van der Waals surface area contributed by atoms with Crippen molar-refractivity contribution in [1.29, 1.82) is 0 Å². The molecule has 1 unspecified atom stereocenters. The summed E-state index contributed by atoms with van der Waals surface area (Å²) in [6.07, 6.45) is 4.74. The van der Waals surface area contributed by atoms with Crippen LogP contribution in [0, 0.1) is 5.92 Å². The first-order chi connectivity index (χ1) is 7.64. The molecule has 0 bridgehead atoms. The summed E-state index contributed by atoms with van der Waals surface area (Å²) in [6, 6.07) is 7.78. The van der Waals surface area contributed by atoms with Gasteiger partial charge in [0.15, 0.2) is 0 Å². The lowest BCUT2D eigenvalue weighted by Crippen LogP contribution is -2.29. The molecule has 2 heteroatoms. The molecule has 1 aromatic rings. The van der Waals surface area contributed by atoms with E-state index in [1.807, 2.05) is 31.2 Å². The monoisotopic (exact) mass is 220 g/mol. The molecule has 1 fully saturated rings. The maximum absolute atomic E-state index is 10.6. The normalized spacial score (nSPS) is 20.7. The van der Waals surface area contributed by atoms with Crippen LogP contribution < -0.4 is 4.74 Å². The quantitative estimate of drug-likeness (QED) is 0.848. The zero-order chi connectivity index (χ0) is 11.6. The third kappa shape index (κ3) is 2.07. The third-order valence-corrected chi connectivity index (χ3v) is 3.80. The Balaban J connectivity index is 2.26. The summed E-state index contributed by atoms with van der Waals surface area (Å²) in [6.45, 7) is 1.93. The minimum Gasteiger partial charge on any atom is -0.497 e. The Labute approximate surface area is 97.3 Å². The Morgan fingerprint density at radius 2 is 2.00 bits per heavy atom. The minimum absolute atomic E-state index is 0.389. The largest absolute Gasteiger partial charge is 0.497 e. The molecule has 0 heterocycles. The lowest BCUT2D eigenvalue weighted by molar-refractivity contribution is -0.00348. The molecule has 0 spiro atoms. The molecule has 1 atom stereocenters. The smallest absolute Gasteiger partial charge is 0.119 e. The first kappa shape index (κ1) is 11.5. The fourth-order valence-corrected chi connectivity index (χ4v) is 2.66. The van der Waals surface area contributed by atoms with Crippen LogP contribution in [0.2, 0.25) is 0 Å². The Hall–Kier alpha value is -1.02. The van der Waals surface area contributed by atoms with Crippen molar-refractivity contribution in [3.05, 3.63) is 29.8 Å². The van der Waals surface area contributed by atoms with Crippen LogP contribution in [0.1, 0.15) is 38.2 Å². The number of aliphatic hydroxyl groups is 1. The lowest BCUT2D eigenvalue weighted by Gasteiger charge is -2.30. The molecular weight excluding hydrogens is 200 g/mol. The van der Waals surface area contributed by atoms with Gasteiger partial charge in [0.1, 0.15) is 5.75 Å². The summed E-state index contributed by atoms with van der Waals surface area (Å²) < 4.78 is 5.20. The van der Waals surface area contributed by atoms with E-state index in [4.69, 9.17) is 4.74 Å². The van der Waals surface area contributed by atoms with Crippen LogP contribution in [0.5, 0.6) is 5.75 Å². The van der Waals surface area contributed by atoms with E-state index in [0.717, 1.165) is 24.2 Å². The number of hydrogen-bond donors (Lipinski definition) is 1. The molecule has 1 aliphatic carbocycles. The maximum atomic E-state index is 10.6. The first-order valence-corrected chi connectivity index (χ1v) is 6.01. The Bertz CT molecular complexity index is 352. The van der Waals surface area contributed by atoms with Gasteiger partial charge in [-0.15, -0.1) is 0 Å². The molecule has 1 aliphatic rings. The topological polar surface area (TPSA) is 29.5 Å². The molecule has 0 radical (unpaired) electrons. The summed E-state index contributed by atoms with van der Waals surface area (Å²) in [5.41, 5.74) is 0.254. The highest BCUT2D eigenvalue weighted by molar-refractivity contribution is 5.32. The molecule has 2 nitrogen and oxygen atoms in total. The van der Waals surface area contributed by atoms with E-state index < -0.39 is 5.60 Å². The van der Waals surface area contributed by atoms with Gasteiger partial charge in [-0.05, 0) is 43.4 Å². The fourth-order valence-electron chi connectivity index (χ4n) is 2.66. The maximum Gasteiger partial charge on any atom is 0.119 e. The van der Waals surface area contributed by atoms with Gasteiger partial charge in [0.2, 0.25) is 0 Å². The van der Waals surface area contributed by atoms with Crippen molar-refractivity contribution in [2.24, 2.45) is 5.92 Å². The van der Waals surface area contributed by atoms with E-state index in [-0.39, 0.29) is 0 Å². The number of benzene rings is 1. The summed E-state index contributed by atoms with van der Waals surface area (Å²) in [4.78, 5) is 0. The van der Waals surface area contributed by atoms with Crippen LogP contribution >= 0.6 is 0 Å². The van der Waals surface area contributed by atoms with E-state index in [1.165, 1.54) is 12.8 Å². The molecule has 88 valence electrons. The van der Waals surface area contributed by atoms with Gasteiger partial charge in [-0.25, -0.2) is 0 Å². The van der Waals surface area contributed by atoms with Crippen molar-refractivity contribution >= 4 is 0 Å². The Morgan fingerprint density at radius 1 is 1.31 bits per heavy atom. The van der Waals surface area contributed by atoms with Gasteiger partial charge in [-0.3, -0.25) is 0 Å². The fraction of sp³-hybridized carbons (Fsp3) is 0.571. The van der Waals surface area contributed by atoms with Gasteiger partial charge >= 0.3 is 0 Å². The SMILES string of the molecule is COc1cccc(C(C)(O)C2CCCC2)c1. The highest BCUT2D eigenvalue weighted by Gasteiger charge is 2.35. The van der Waals surface area contributed by atoms with Crippen LogP contribution in [-0.4, -0.2) is 12.2 Å². The van der Waals surface area contributed by atoms with Crippen LogP contribution in [0.15, 0.2) is 24.3 Å². The summed E-state index contributed by atoms with van der Waals surface area (Å²) >= 11 is 0. The highest BCUT2D eigenvalue weighted by Crippen LogP contribution is 2.40. The predicted octanol–water partition coefficient (Wildman–Crippen LogP) is 3.09. The van der Waals surface area contributed by atoms with E-state index >= 15 is 0 Å². The second-order valence-corrected chi connectivity index (χ2v) is 4.86. The summed E-state index contributed by atoms with van der Waals surface area (Å²) in [5, 5.41) is 10.6. The van der Waals surface area contributed by atoms with Crippen molar-refractivity contribution in [2.45, 2.75) is 38.2 Å². The lowest BCUT2D eigenvalue weighted by atomic mass is 9.82. The van der Waals surface area contributed by atoms with Crippen LogP contribution in [0.4, 0.5) is 0 Å². The number of rotatable bonds is 3. The zero-order valence-electron chi connectivity index (χ0n) is 10.1. The van der Waals surface area contributed by atoms with Gasteiger partial charge in [0.05, 0.1) is 12.7 Å². The molecule has 1 saturated carbocycles. The second kappa shape index (κ2) is 4.46. The average molecular weight is 220 g/mol. The van der Waals surface area contributed by atoms with E-state index in [2.05, 4.69) is 0 Å². The van der Waals surface area contributed by atoms with E-state index in [1.54, 1.807) is 7.11 Å². The molecule has 0 aromatic heterocycles. The van der Waals surface area contributed by atoms with E-state index in [0.29, 0.717) is 5.92 Å². The second-order valence-electron chi connectivity index (χ2n) is 4.86. The minimum atomic E-state index is -0.717. The highest BCUT2D eigenvalue weighted by atomic mass is 16.5. The molecule has 1 N–H and O–H groups in total. The molecule has 0 aliphatic heterocycles. The van der Waals surface area contributed by atoms with Gasteiger partial charge in [-0.1, -0.05) is 25.0 Å². The molecule has 2 rings (SSSR count). The van der Waals surface area contributed by atoms with Gasteiger partial charge in [0, 0.05) is 0 Å².